The van der Waals surface area contributed by atoms with Crippen molar-refractivity contribution < 1.29 is 9.47 Å². The molecule has 1 heterocycles. The molecule has 0 saturated carbocycles. The van der Waals surface area contributed by atoms with E-state index >= 15 is 0 Å². The first-order valence-corrected chi connectivity index (χ1v) is 5.99. The van der Waals surface area contributed by atoms with Crippen molar-refractivity contribution in [1.82, 2.24) is 0 Å². The van der Waals surface area contributed by atoms with Crippen LogP contribution in [-0.4, -0.2) is 19.1 Å². The maximum atomic E-state index is 5.59. The highest BCUT2D eigenvalue weighted by atomic mass is 35.5. The molecular weight excluding hydrogens is 224 g/mol. The third-order valence-electron chi connectivity index (χ3n) is 2.42. The lowest BCUT2D eigenvalue weighted by atomic mass is 10.1. The van der Waals surface area contributed by atoms with Gasteiger partial charge in [0.25, 0.3) is 0 Å². The highest BCUT2D eigenvalue weighted by molar-refractivity contribution is 6.17. The standard InChI is InChI=1S/C13H15ClO2/c14-8-2-1-3-11-4-6-12(7-5-11)13-15-9-10-16-13/h1,3-7,13H,2,8-10H2. The maximum Gasteiger partial charge on any atom is 0.184 e. The summed E-state index contributed by atoms with van der Waals surface area (Å²) in [7, 11) is 0. The van der Waals surface area contributed by atoms with E-state index in [0.29, 0.717) is 19.1 Å². The molecule has 0 aliphatic carbocycles. The summed E-state index contributed by atoms with van der Waals surface area (Å²) in [5, 5.41) is 0. The summed E-state index contributed by atoms with van der Waals surface area (Å²) in [5.74, 6) is 0.665. The minimum absolute atomic E-state index is 0.180. The van der Waals surface area contributed by atoms with Crippen molar-refractivity contribution in [3.8, 4) is 0 Å². The average molecular weight is 239 g/mol. The largest absolute Gasteiger partial charge is 0.346 e. The topological polar surface area (TPSA) is 18.5 Å². The second kappa shape index (κ2) is 6.04. The molecule has 0 radical (unpaired) electrons. The monoisotopic (exact) mass is 238 g/mol. The van der Waals surface area contributed by atoms with E-state index in [1.807, 2.05) is 12.1 Å². The number of benzene rings is 1. The van der Waals surface area contributed by atoms with Crippen molar-refractivity contribution in [2.24, 2.45) is 0 Å². The Hall–Kier alpha value is -0.830. The molecule has 0 amide bonds. The molecule has 1 aromatic carbocycles. The van der Waals surface area contributed by atoms with Gasteiger partial charge >= 0.3 is 0 Å². The molecule has 86 valence electrons. The molecule has 1 saturated heterocycles. The molecule has 1 aliphatic heterocycles. The number of halogens is 1. The van der Waals surface area contributed by atoms with Gasteiger partial charge in [-0.05, 0) is 12.0 Å². The van der Waals surface area contributed by atoms with Crippen LogP contribution in [0.3, 0.4) is 0 Å². The molecule has 1 aliphatic rings. The zero-order chi connectivity index (χ0) is 11.2. The van der Waals surface area contributed by atoms with Crippen molar-refractivity contribution in [3.05, 3.63) is 41.5 Å². The Labute approximate surface area is 101 Å². The van der Waals surface area contributed by atoms with Crippen LogP contribution in [-0.2, 0) is 9.47 Å². The minimum Gasteiger partial charge on any atom is -0.346 e. The molecular formula is C13H15ClO2. The van der Waals surface area contributed by atoms with Gasteiger partial charge in [0, 0.05) is 11.4 Å². The normalized spacial score (nSPS) is 17.3. The molecule has 0 spiro atoms. The molecule has 0 unspecified atom stereocenters. The van der Waals surface area contributed by atoms with Gasteiger partial charge in [0.05, 0.1) is 13.2 Å². The van der Waals surface area contributed by atoms with Crippen molar-refractivity contribution in [2.45, 2.75) is 12.7 Å². The molecule has 2 rings (SSSR count). The molecule has 3 heteroatoms. The third-order valence-corrected chi connectivity index (χ3v) is 2.63. The van der Waals surface area contributed by atoms with E-state index in [-0.39, 0.29) is 6.29 Å². The molecule has 16 heavy (non-hydrogen) atoms. The first kappa shape index (κ1) is 11.6. The minimum atomic E-state index is -0.180. The summed E-state index contributed by atoms with van der Waals surface area (Å²) in [6, 6.07) is 8.20. The van der Waals surface area contributed by atoms with Crippen LogP contribution < -0.4 is 0 Å². The summed E-state index contributed by atoms with van der Waals surface area (Å²) in [6.45, 7) is 1.37. The summed E-state index contributed by atoms with van der Waals surface area (Å²) < 4.78 is 10.8. The second-order valence-electron chi connectivity index (χ2n) is 3.62. The molecule has 2 nitrogen and oxygen atoms in total. The average Bonchev–Trinajstić information content (AvgIpc) is 2.84. The Balaban J connectivity index is 1.98. The number of hydrogen-bond acceptors (Lipinski definition) is 2. The Kier molecular flexibility index (Phi) is 4.40. The van der Waals surface area contributed by atoms with Crippen LogP contribution in [0.5, 0.6) is 0 Å². The SMILES string of the molecule is ClCCC=Cc1ccc(C2OCCO2)cc1. The van der Waals surface area contributed by atoms with E-state index in [0.717, 1.165) is 12.0 Å². The van der Waals surface area contributed by atoms with Crippen LogP contribution in [0, 0.1) is 0 Å². The lowest BCUT2D eigenvalue weighted by Gasteiger charge is -2.08. The number of rotatable bonds is 4. The first-order chi connectivity index (χ1) is 7.90. The maximum absolute atomic E-state index is 5.59. The van der Waals surface area contributed by atoms with Crippen LogP contribution in [0.25, 0.3) is 6.08 Å². The van der Waals surface area contributed by atoms with E-state index in [1.165, 1.54) is 5.56 Å². The Morgan fingerprint density at radius 3 is 2.50 bits per heavy atom. The van der Waals surface area contributed by atoms with E-state index in [4.69, 9.17) is 21.1 Å². The highest BCUT2D eigenvalue weighted by Gasteiger charge is 2.17. The molecule has 0 atom stereocenters. The van der Waals surface area contributed by atoms with Crippen LogP contribution in [0.2, 0.25) is 0 Å². The number of allylic oxidation sites excluding steroid dienone is 1. The van der Waals surface area contributed by atoms with Crippen LogP contribution >= 0.6 is 11.6 Å². The number of alkyl halides is 1. The van der Waals surface area contributed by atoms with Gasteiger partial charge in [-0.15, -0.1) is 11.6 Å². The van der Waals surface area contributed by atoms with Gasteiger partial charge in [-0.2, -0.15) is 0 Å². The highest BCUT2D eigenvalue weighted by Crippen LogP contribution is 2.23. The van der Waals surface area contributed by atoms with Gasteiger partial charge in [-0.3, -0.25) is 0 Å². The van der Waals surface area contributed by atoms with Crippen molar-refractivity contribution >= 4 is 17.7 Å². The fourth-order valence-electron chi connectivity index (χ4n) is 1.60. The van der Waals surface area contributed by atoms with Crippen molar-refractivity contribution in [3.63, 3.8) is 0 Å². The van der Waals surface area contributed by atoms with Gasteiger partial charge in [0.2, 0.25) is 0 Å². The van der Waals surface area contributed by atoms with Gasteiger partial charge in [-0.25, -0.2) is 0 Å². The Bertz CT molecular complexity index is 339. The summed E-state index contributed by atoms with van der Waals surface area (Å²) in [5.41, 5.74) is 2.25. The molecule has 1 aromatic rings. The smallest absolute Gasteiger partial charge is 0.184 e. The second-order valence-corrected chi connectivity index (χ2v) is 4.00. The van der Waals surface area contributed by atoms with Crippen LogP contribution in [0.1, 0.15) is 23.8 Å². The van der Waals surface area contributed by atoms with Gasteiger partial charge in [-0.1, -0.05) is 36.4 Å². The summed E-state index contributed by atoms with van der Waals surface area (Å²) in [6.07, 6.45) is 4.87. The van der Waals surface area contributed by atoms with Crippen LogP contribution in [0.4, 0.5) is 0 Å². The molecule has 0 N–H and O–H groups in total. The predicted octanol–water partition coefficient (Wildman–Crippen LogP) is 3.37. The van der Waals surface area contributed by atoms with E-state index < -0.39 is 0 Å². The molecule has 0 bridgehead atoms. The summed E-state index contributed by atoms with van der Waals surface area (Å²) in [4.78, 5) is 0. The quantitative estimate of drug-likeness (QED) is 0.749. The lowest BCUT2D eigenvalue weighted by molar-refractivity contribution is -0.0441. The fourth-order valence-corrected chi connectivity index (χ4v) is 1.72. The van der Waals surface area contributed by atoms with Gasteiger partial charge < -0.3 is 9.47 Å². The number of ether oxygens (including phenoxy) is 2. The zero-order valence-corrected chi connectivity index (χ0v) is 9.82. The zero-order valence-electron chi connectivity index (χ0n) is 9.06. The van der Waals surface area contributed by atoms with E-state index in [2.05, 4.69) is 24.3 Å². The van der Waals surface area contributed by atoms with Gasteiger partial charge in [0.1, 0.15) is 0 Å². The first-order valence-electron chi connectivity index (χ1n) is 5.46. The Morgan fingerprint density at radius 1 is 1.19 bits per heavy atom. The number of hydrogen-bond donors (Lipinski definition) is 0. The van der Waals surface area contributed by atoms with E-state index in [9.17, 15) is 0 Å². The molecule has 0 aromatic heterocycles. The van der Waals surface area contributed by atoms with Crippen molar-refractivity contribution in [2.75, 3.05) is 19.1 Å². The lowest BCUT2D eigenvalue weighted by Crippen LogP contribution is -1.97. The van der Waals surface area contributed by atoms with E-state index in [1.54, 1.807) is 0 Å². The van der Waals surface area contributed by atoms with Crippen molar-refractivity contribution in [1.29, 1.82) is 0 Å². The fraction of sp³-hybridized carbons (Fsp3) is 0.385. The van der Waals surface area contributed by atoms with Crippen LogP contribution in [0.15, 0.2) is 30.3 Å². The Morgan fingerprint density at radius 2 is 1.88 bits per heavy atom. The molecule has 1 fully saturated rings. The third kappa shape index (κ3) is 3.08. The predicted molar refractivity (Wildman–Crippen MR) is 65.5 cm³/mol. The summed E-state index contributed by atoms with van der Waals surface area (Å²) >= 11 is 5.59. The van der Waals surface area contributed by atoms with Gasteiger partial charge in [0.15, 0.2) is 6.29 Å².